The molecule has 0 bridgehead atoms. The molecule has 0 unspecified atom stereocenters. The van der Waals surface area contributed by atoms with Crippen LogP contribution in [0, 0.1) is 10.1 Å². The third kappa shape index (κ3) is 3.15. The van der Waals surface area contributed by atoms with E-state index >= 15 is 0 Å². The molecule has 0 aliphatic heterocycles. The molecule has 2 rings (SSSR count). The standard InChI is InChI=1S/C14H18N2O4/c1-3-19-14(20-4-2)10-15-8-7-11-5-6-12(16(17)18)9-13(11)15/h5-9,14H,3-4,10H2,1-2H3. The minimum atomic E-state index is -0.390. The molecule has 0 radical (unpaired) electrons. The average molecular weight is 278 g/mol. The summed E-state index contributed by atoms with van der Waals surface area (Å²) in [5.74, 6) is 0. The summed E-state index contributed by atoms with van der Waals surface area (Å²) >= 11 is 0. The largest absolute Gasteiger partial charge is 0.351 e. The van der Waals surface area contributed by atoms with Gasteiger partial charge in [0, 0.05) is 36.9 Å². The number of nitrogens with zero attached hydrogens (tertiary/aromatic N) is 2. The van der Waals surface area contributed by atoms with Gasteiger partial charge >= 0.3 is 0 Å². The minimum absolute atomic E-state index is 0.0850. The van der Waals surface area contributed by atoms with Crippen LogP contribution in [-0.4, -0.2) is 29.0 Å². The van der Waals surface area contributed by atoms with Crippen molar-refractivity contribution in [3.8, 4) is 0 Å². The van der Waals surface area contributed by atoms with Gasteiger partial charge in [-0.15, -0.1) is 0 Å². The zero-order chi connectivity index (χ0) is 14.5. The van der Waals surface area contributed by atoms with E-state index < -0.39 is 0 Å². The third-order valence-electron chi connectivity index (χ3n) is 3.02. The van der Waals surface area contributed by atoms with Gasteiger partial charge in [-0.05, 0) is 26.0 Å². The molecule has 0 atom stereocenters. The van der Waals surface area contributed by atoms with Crippen LogP contribution in [0.15, 0.2) is 30.5 Å². The first-order valence-electron chi connectivity index (χ1n) is 6.62. The van der Waals surface area contributed by atoms with E-state index in [-0.39, 0.29) is 16.9 Å². The fraction of sp³-hybridized carbons (Fsp3) is 0.429. The summed E-state index contributed by atoms with van der Waals surface area (Å²) in [5, 5.41) is 11.8. The van der Waals surface area contributed by atoms with Crippen molar-refractivity contribution in [1.82, 2.24) is 4.57 Å². The molecular weight excluding hydrogens is 260 g/mol. The lowest BCUT2D eigenvalue weighted by Crippen LogP contribution is -2.23. The van der Waals surface area contributed by atoms with Crippen LogP contribution in [0.1, 0.15) is 13.8 Å². The van der Waals surface area contributed by atoms with Crippen molar-refractivity contribution in [1.29, 1.82) is 0 Å². The van der Waals surface area contributed by atoms with Gasteiger partial charge in [-0.3, -0.25) is 10.1 Å². The molecule has 0 saturated carbocycles. The van der Waals surface area contributed by atoms with E-state index in [1.54, 1.807) is 12.1 Å². The van der Waals surface area contributed by atoms with Crippen LogP contribution in [0.25, 0.3) is 10.9 Å². The molecule has 0 spiro atoms. The number of rotatable bonds is 7. The van der Waals surface area contributed by atoms with Crippen molar-refractivity contribution in [3.63, 3.8) is 0 Å². The van der Waals surface area contributed by atoms with Gasteiger partial charge in [-0.2, -0.15) is 0 Å². The number of nitro groups is 1. The monoisotopic (exact) mass is 278 g/mol. The number of hydrogen-bond acceptors (Lipinski definition) is 4. The Balaban J connectivity index is 2.28. The van der Waals surface area contributed by atoms with Crippen molar-refractivity contribution in [2.45, 2.75) is 26.7 Å². The molecule has 1 heterocycles. The van der Waals surface area contributed by atoms with Gasteiger partial charge in [0.15, 0.2) is 6.29 Å². The molecule has 0 fully saturated rings. The maximum Gasteiger partial charge on any atom is 0.271 e. The van der Waals surface area contributed by atoms with Crippen molar-refractivity contribution >= 4 is 16.6 Å². The number of hydrogen-bond donors (Lipinski definition) is 0. The lowest BCUT2D eigenvalue weighted by molar-refractivity contribution is -0.384. The van der Waals surface area contributed by atoms with Crippen molar-refractivity contribution < 1.29 is 14.4 Å². The normalized spacial score (nSPS) is 11.3. The highest BCUT2D eigenvalue weighted by Gasteiger charge is 2.13. The van der Waals surface area contributed by atoms with Crippen LogP contribution in [0.2, 0.25) is 0 Å². The lowest BCUT2D eigenvalue weighted by Gasteiger charge is -2.18. The molecule has 0 amide bonds. The molecule has 6 nitrogen and oxygen atoms in total. The number of non-ortho nitro benzene ring substituents is 1. The van der Waals surface area contributed by atoms with Gasteiger partial charge in [0.25, 0.3) is 5.69 Å². The molecule has 0 aliphatic rings. The molecule has 20 heavy (non-hydrogen) atoms. The maximum atomic E-state index is 10.9. The second kappa shape index (κ2) is 6.49. The zero-order valence-corrected chi connectivity index (χ0v) is 11.6. The number of fused-ring (bicyclic) bond motifs is 1. The van der Waals surface area contributed by atoms with Crippen LogP contribution in [0.3, 0.4) is 0 Å². The van der Waals surface area contributed by atoms with Crippen molar-refractivity contribution in [2.24, 2.45) is 0 Å². The van der Waals surface area contributed by atoms with Gasteiger partial charge in [-0.1, -0.05) is 0 Å². The van der Waals surface area contributed by atoms with E-state index in [0.717, 1.165) is 10.9 Å². The summed E-state index contributed by atoms with van der Waals surface area (Å²) in [6, 6.07) is 6.76. The Bertz CT molecular complexity index is 588. The van der Waals surface area contributed by atoms with E-state index in [9.17, 15) is 10.1 Å². The number of aromatic nitrogens is 1. The number of benzene rings is 1. The van der Waals surface area contributed by atoms with Crippen LogP contribution in [0.5, 0.6) is 0 Å². The third-order valence-corrected chi connectivity index (χ3v) is 3.02. The Kier molecular flexibility index (Phi) is 4.70. The first kappa shape index (κ1) is 14.5. The molecule has 0 aliphatic carbocycles. The van der Waals surface area contributed by atoms with Gasteiger partial charge in [0.1, 0.15) is 0 Å². The highest BCUT2D eigenvalue weighted by atomic mass is 16.7. The Morgan fingerprint density at radius 1 is 1.25 bits per heavy atom. The highest BCUT2D eigenvalue weighted by molar-refractivity contribution is 5.82. The van der Waals surface area contributed by atoms with Gasteiger partial charge in [-0.25, -0.2) is 0 Å². The summed E-state index contributed by atoms with van der Waals surface area (Å²) in [6.45, 7) is 5.44. The molecule has 0 saturated heterocycles. The predicted molar refractivity (Wildman–Crippen MR) is 75.6 cm³/mol. The number of ether oxygens (including phenoxy) is 2. The summed E-state index contributed by atoms with van der Waals surface area (Å²) in [4.78, 5) is 10.5. The van der Waals surface area contributed by atoms with Gasteiger partial charge in [0.05, 0.1) is 17.0 Å². The number of nitro benzene ring substituents is 1. The van der Waals surface area contributed by atoms with Crippen LogP contribution >= 0.6 is 0 Å². The van der Waals surface area contributed by atoms with Crippen LogP contribution in [0.4, 0.5) is 5.69 Å². The van der Waals surface area contributed by atoms with E-state index in [2.05, 4.69) is 0 Å². The minimum Gasteiger partial charge on any atom is -0.351 e. The topological polar surface area (TPSA) is 66.5 Å². The van der Waals surface area contributed by atoms with Crippen molar-refractivity contribution in [2.75, 3.05) is 13.2 Å². The second-order valence-corrected chi connectivity index (χ2v) is 4.31. The van der Waals surface area contributed by atoms with E-state index in [4.69, 9.17) is 9.47 Å². The summed E-state index contributed by atoms with van der Waals surface area (Å²) in [7, 11) is 0. The van der Waals surface area contributed by atoms with Crippen molar-refractivity contribution in [3.05, 3.63) is 40.6 Å². The molecule has 108 valence electrons. The van der Waals surface area contributed by atoms with Gasteiger partial charge in [0.2, 0.25) is 0 Å². The maximum absolute atomic E-state index is 10.9. The second-order valence-electron chi connectivity index (χ2n) is 4.31. The highest BCUT2D eigenvalue weighted by Crippen LogP contribution is 2.22. The Hall–Kier alpha value is -1.92. The Labute approximate surface area is 117 Å². The summed E-state index contributed by atoms with van der Waals surface area (Å²) in [6.07, 6.45) is 1.54. The quantitative estimate of drug-likeness (QED) is 0.443. The van der Waals surface area contributed by atoms with Crippen LogP contribution in [-0.2, 0) is 16.0 Å². The molecule has 2 aromatic rings. The smallest absolute Gasteiger partial charge is 0.271 e. The van der Waals surface area contributed by atoms with E-state index in [1.165, 1.54) is 6.07 Å². The molecule has 1 aromatic heterocycles. The first-order valence-corrected chi connectivity index (χ1v) is 6.62. The van der Waals surface area contributed by atoms with E-state index in [1.807, 2.05) is 30.7 Å². The van der Waals surface area contributed by atoms with Gasteiger partial charge < -0.3 is 14.0 Å². The molecule has 0 N–H and O–H groups in total. The Morgan fingerprint density at radius 2 is 1.95 bits per heavy atom. The zero-order valence-electron chi connectivity index (χ0n) is 11.6. The molecular formula is C14H18N2O4. The summed E-state index contributed by atoms with van der Waals surface area (Å²) in [5.41, 5.74) is 0.894. The molecule has 6 heteroatoms. The van der Waals surface area contributed by atoms with E-state index in [0.29, 0.717) is 19.8 Å². The lowest BCUT2D eigenvalue weighted by atomic mass is 10.2. The van der Waals surface area contributed by atoms with Crippen LogP contribution < -0.4 is 0 Å². The fourth-order valence-electron chi connectivity index (χ4n) is 2.13. The Morgan fingerprint density at radius 3 is 2.55 bits per heavy atom. The molecule has 1 aromatic carbocycles. The SMILES string of the molecule is CCOC(Cn1ccc2ccc([N+](=O)[O-])cc21)OCC. The first-order chi connectivity index (χ1) is 9.65. The summed E-state index contributed by atoms with van der Waals surface area (Å²) < 4.78 is 12.9. The predicted octanol–water partition coefficient (Wildman–Crippen LogP) is 2.95. The average Bonchev–Trinajstić information content (AvgIpc) is 2.82. The fourth-order valence-corrected chi connectivity index (χ4v) is 2.13.